The Bertz CT molecular complexity index is 552. The second kappa shape index (κ2) is 7.42. The minimum Gasteiger partial charge on any atom is -0.454 e. The number of hydrogen-bond acceptors (Lipinski definition) is 5. The minimum absolute atomic E-state index is 0.132. The molecule has 0 bridgehead atoms. The summed E-state index contributed by atoms with van der Waals surface area (Å²) in [5, 5.41) is 0.0538. The van der Waals surface area contributed by atoms with Gasteiger partial charge in [-0.3, -0.25) is 4.79 Å². The number of rotatable bonds is 4. The first-order chi connectivity index (χ1) is 10.0. The van der Waals surface area contributed by atoms with Crippen LogP contribution in [0.4, 0.5) is 5.69 Å². The van der Waals surface area contributed by atoms with Crippen molar-refractivity contribution in [2.45, 2.75) is 24.7 Å². The van der Waals surface area contributed by atoms with Crippen molar-refractivity contribution in [1.29, 1.82) is 0 Å². The number of benzene rings is 1. The molecule has 2 unspecified atom stereocenters. The summed E-state index contributed by atoms with van der Waals surface area (Å²) in [5.74, 6) is -0.132. The zero-order valence-corrected chi connectivity index (χ0v) is 14.5. The molecule has 0 fully saturated rings. The Balaban J connectivity index is 2.18. The van der Waals surface area contributed by atoms with Gasteiger partial charge in [0.15, 0.2) is 5.44 Å². The monoisotopic (exact) mass is 344 g/mol. The number of aryl methyl sites for hydroxylation is 1. The lowest BCUT2D eigenvalue weighted by molar-refractivity contribution is -0.118. The maximum absolute atomic E-state index is 12.4. The lowest BCUT2D eigenvalue weighted by atomic mass is 10.1. The van der Waals surface area contributed by atoms with Crippen molar-refractivity contribution in [3.05, 3.63) is 29.8 Å². The average molecular weight is 345 g/mol. The standard InChI is InChI=1S/C14H17ClN2O2S2/c1-9-6-4-5-7-11(9)17(13(18)10(2)15)8-12-19-14(20-3)16-21-12/h4-7,10,12H,8H2,1-3H3. The third-order valence-corrected chi connectivity index (χ3v) is 4.59. The fraction of sp³-hybridized carbons (Fsp3) is 0.429. The Hall–Kier alpha value is -0.850. The van der Waals surface area contributed by atoms with Gasteiger partial charge in [-0.1, -0.05) is 30.0 Å². The number of hydrogen-bond donors (Lipinski definition) is 0. The van der Waals surface area contributed by atoms with E-state index in [1.807, 2.05) is 37.4 Å². The van der Waals surface area contributed by atoms with Crippen LogP contribution in [0.1, 0.15) is 12.5 Å². The van der Waals surface area contributed by atoms with Crippen molar-refractivity contribution in [3.8, 4) is 0 Å². The maximum atomic E-state index is 12.4. The van der Waals surface area contributed by atoms with Gasteiger partial charge in [-0.05, 0) is 31.7 Å². The van der Waals surface area contributed by atoms with Crippen LogP contribution in [0.5, 0.6) is 0 Å². The van der Waals surface area contributed by atoms with Crippen LogP contribution in [-0.2, 0) is 9.53 Å². The molecule has 0 aliphatic carbocycles. The highest BCUT2D eigenvalue weighted by Gasteiger charge is 2.29. The molecule has 1 heterocycles. The van der Waals surface area contributed by atoms with Crippen LogP contribution < -0.4 is 4.90 Å². The summed E-state index contributed by atoms with van der Waals surface area (Å²) in [7, 11) is 0. The normalized spacial score (nSPS) is 18.9. The van der Waals surface area contributed by atoms with Crippen LogP contribution in [0, 0.1) is 6.92 Å². The summed E-state index contributed by atoms with van der Waals surface area (Å²) < 4.78 is 9.88. The van der Waals surface area contributed by atoms with E-state index in [9.17, 15) is 4.79 Å². The number of para-hydroxylation sites is 1. The number of amides is 1. The molecule has 4 nitrogen and oxygen atoms in total. The predicted molar refractivity (Wildman–Crippen MR) is 92.3 cm³/mol. The number of carbonyl (C=O) groups is 1. The third kappa shape index (κ3) is 4.08. The number of halogens is 1. The molecule has 2 atom stereocenters. The van der Waals surface area contributed by atoms with Crippen molar-refractivity contribution in [3.63, 3.8) is 0 Å². The van der Waals surface area contributed by atoms with Gasteiger partial charge in [0, 0.05) is 17.6 Å². The SMILES string of the molecule is CSC1=NSC(CN(C(=O)C(C)Cl)c2ccccc2C)O1. The van der Waals surface area contributed by atoms with E-state index in [1.165, 1.54) is 23.7 Å². The number of thioether (sulfide) groups is 1. The topological polar surface area (TPSA) is 41.9 Å². The first-order valence-electron chi connectivity index (χ1n) is 6.48. The largest absolute Gasteiger partial charge is 0.454 e. The van der Waals surface area contributed by atoms with Crippen LogP contribution in [0.25, 0.3) is 0 Å². The number of anilines is 1. The predicted octanol–water partition coefficient (Wildman–Crippen LogP) is 3.68. The first-order valence-corrected chi connectivity index (χ1v) is 8.98. The molecule has 114 valence electrons. The molecule has 7 heteroatoms. The number of ether oxygens (including phenoxy) is 1. The number of carbonyl (C=O) groups excluding carboxylic acids is 1. The van der Waals surface area contributed by atoms with Crippen molar-refractivity contribution in [2.75, 3.05) is 17.7 Å². The van der Waals surface area contributed by atoms with E-state index in [2.05, 4.69) is 4.40 Å². The highest BCUT2D eigenvalue weighted by atomic mass is 35.5. The second-order valence-corrected chi connectivity index (χ2v) is 6.90. The van der Waals surface area contributed by atoms with Gasteiger partial charge in [-0.15, -0.1) is 11.6 Å². The number of nitrogens with zero attached hydrogens (tertiary/aromatic N) is 2. The molecular formula is C14H17ClN2O2S2. The lowest BCUT2D eigenvalue weighted by Crippen LogP contribution is -2.41. The molecule has 0 N–H and O–H groups in total. The smallest absolute Gasteiger partial charge is 0.258 e. The summed E-state index contributed by atoms with van der Waals surface area (Å²) in [4.78, 5) is 14.1. The summed E-state index contributed by atoms with van der Waals surface area (Å²) in [6.45, 7) is 4.07. The zero-order chi connectivity index (χ0) is 15.4. The van der Waals surface area contributed by atoms with E-state index in [0.717, 1.165) is 11.3 Å². The van der Waals surface area contributed by atoms with Gasteiger partial charge in [-0.25, -0.2) is 0 Å². The fourth-order valence-corrected chi connectivity index (χ4v) is 3.37. The Morgan fingerprint density at radius 3 is 2.86 bits per heavy atom. The van der Waals surface area contributed by atoms with Crippen LogP contribution in [0.15, 0.2) is 28.7 Å². The van der Waals surface area contributed by atoms with Crippen molar-refractivity contribution >= 4 is 52.1 Å². The van der Waals surface area contributed by atoms with Gasteiger partial charge in [0.05, 0.1) is 6.54 Å². The molecule has 0 spiro atoms. The average Bonchev–Trinajstić information content (AvgIpc) is 2.92. The van der Waals surface area contributed by atoms with E-state index in [4.69, 9.17) is 16.3 Å². The van der Waals surface area contributed by atoms with Gasteiger partial charge in [-0.2, -0.15) is 4.40 Å². The summed E-state index contributed by atoms with van der Waals surface area (Å²) in [6, 6.07) is 7.75. The molecule has 0 aromatic heterocycles. The lowest BCUT2D eigenvalue weighted by Gasteiger charge is -2.27. The molecule has 2 rings (SSSR count). The van der Waals surface area contributed by atoms with Crippen LogP contribution in [0.2, 0.25) is 0 Å². The second-order valence-electron chi connectivity index (χ2n) is 4.57. The number of alkyl halides is 1. The Morgan fingerprint density at radius 1 is 1.57 bits per heavy atom. The van der Waals surface area contributed by atoms with Gasteiger partial charge >= 0.3 is 0 Å². The Morgan fingerprint density at radius 2 is 2.29 bits per heavy atom. The van der Waals surface area contributed by atoms with Crippen LogP contribution >= 0.6 is 35.3 Å². The van der Waals surface area contributed by atoms with E-state index < -0.39 is 5.38 Å². The van der Waals surface area contributed by atoms with Crippen molar-refractivity contribution < 1.29 is 9.53 Å². The molecular weight excluding hydrogens is 328 g/mol. The van der Waals surface area contributed by atoms with Gasteiger partial charge < -0.3 is 9.64 Å². The maximum Gasteiger partial charge on any atom is 0.258 e. The third-order valence-electron chi connectivity index (χ3n) is 3.00. The Labute approximate surface area is 138 Å². The fourth-order valence-electron chi connectivity index (χ4n) is 1.95. The molecule has 1 aromatic rings. The molecule has 0 saturated heterocycles. The zero-order valence-electron chi connectivity index (χ0n) is 12.1. The van der Waals surface area contributed by atoms with Crippen LogP contribution in [0.3, 0.4) is 0 Å². The highest BCUT2D eigenvalue weighted by Crippen LogP contribution is 2.29. The summed E-state index contributed by atoms with van der Waals surface area (Å²) in [5.41, 5.74) is 1.68. The molecule has 1 amide bonds. The first kappa shape index (κ1) is 16.5. The molecule has 1 aromatic carbocycles. The van der Waals surface area contributed by atoms with Gasteiger partial charge in [0.2, 0.25) is 5.91 Å². The summed E-state index contributed by atoms with van der Waals surface area (Å²) >= 11 is 8.79. The molecule has 0 radical (unpaired) electrons. The molecule has 0 saturated carbocycles. The van der Waals surface area contributed by atoms with Gasteiger partial charge in [0.1, 0.15) is 5.38 Å². The van der Waals surface area contributed by atoms with Crippen LogP contribution in [-0.4, -0.2) is 34.8 Å². The molecule has 21 heavy (non-hydrogen) atoms. The minimum atomic E-state index is -0.586. The van der Waals surface area contributed by atoms with Crippen molar-refractivity contribution in [1.82, 2.24) is 0 Å². The van der Waals surface area contributed by atoms with Crippen molar-refractivity contribution in [2.24, 2.45) is 4.40 Å². The van der Waals surface area contributed by atoms with Gasteiger partial charge in [0.25, 0.3) is 5.23 Å². The molecule has 1 aliphatic rings. The highest BCUT2D eigenvalue weighted by molar-refractivity contribution is 8.14. The quantitative estimate of drug-likeness (QED) is 0.617. The van der Waals surface area contributed by atoms with E-state index in [0.29, 0.717) is 11.8 Å². The molecule has 1 aliphatic heterocycles. The Kier molecular flexibility index (Phi) is 5.84. The van der Waals surface area contributed by atoms with E-state index >= 15 is 0 Å². The summed E-state index contributed by atoms with van der Waals surface area (Å²) in [6.07, 6.45) is 1.91. The van der Waals surface area contributed by atoms with E-state index in [-0.39, 0.29) is 11.3 Å². The van der Waals surface area contributed by atoms with E-state index in [1.54, 1.807) is 11.8 Å².